The lowest BCUT2D eigenvalue weighted by molar-refractivity contribution is 0.0976. The number of rotatable bonds is 14. The Morgan fingerprint density at radius 1 is 1.35 bits per heavy atom. The lowest BCUT2D eigenvalue weighted by Gasteiger charge is -2.31. The van der Waals surface area contributed by atoms with Crippen LogP contribution in [0.5, 0.6) is 5.75 Å². The molecule has 1 saturated carbocycles. The first-order chi connectivity index (χ1) is 14.7. The van der Waals surface area contributed by atoms with E-state index in [0.29, 0.717) is 12.4 Å². The van der Waals surface area contributed by atoms with E-state index in [1.807, 2.05) is 10.8 Å². The first-order valence-electron chi connectivity index (χ1n) is 10.7. The maximum atomic E-state index is 14.8. The predicted octanol–water partition coefficient (Wildman–Crippen LogP) is 3.41. The standard InChI is InChI=1S/C22H33FN2O5S/c1-4-10-22(5-2,6-3)15-30-20-14-19(23)18(13-17(20)16-8-9-16)21(27)25-31(28,29)24-11-7-12-26/h4,13-14,16,24,26H,1,5-12,15H2,2-3H3,(H,25,27). The molecule has 0 heterocycles. The number of aliphatic hydroxyl groups excluding tert-OH is 1. The number of amides is 1. The van der Waals surface area contributed by atoms with E-state index in [-0.39, 0.29) is 36.5 Å². The predicted molar refractivity (Wildman–Crippen MR) is 118 cm³/mol. The molecule has 0 unspecified atom stereocenters. The lowest BCUT2D eigenvalue weighted by Crippen LogP contribution is -2.41. The highest BCUT2D eigenvalue weighted by Gasteiger charge is 2.32. The number of aliphatic hydroxyl groups is 1. The summed E-state index contributed by atoms with van der Waals surface area (Å²) in [5, 5.41) is 8.74. The average molecular weight is 457 g/mol. The summed E-state index contributed by atoms with van der Waals surface area (Å²) < 4.78 is 48.7. The molecule has 1 aliphatic carbocycles. The fourth-order valence-corrected chi connectivity index (χ4v) is 4.26. The van der Waals surface area contributed by atoms with Gasteiger partial charge in [0.1, 0.15) is 11.6 Å². The second kappa shape index (κ2) is 11.1. The molecule has 0 saturated heterocycles. The van der Waals surface area contributed by atoms with Crippen molar-refractivity contribution in [1.82, 2.24) is 9.44 Å². The molecular formula is C22H33FN2O5S. The van der Waals surface area contributed by atoms with Gasteiger partial charge in [0.25, 0.3) is 5.91 Å². The number of hydrogen-bond donors (Lipinski definition) is 3. The number of benzene rings is 1. The molecule has 0 bridgehead atoms. The van der Waals surface area contributed by atoms with Gasteiger partial charge in [-0.25, -0.2) is 9.11 Å². The molecule has 1 aliphatic rings. The van der Waals surface area contributed by atoms with Crippen LogP contribution in [0, 0.1) is 11.2 Å². The van der Waals surface area contributed by atoms with Crippen LogP contribution in [0.2, 0.25) is 0 Å². The monoisotopic (exact) mass is 456 g/mol. The van der Waals surface area contributed by atoms with Gasteiger partial charge in [-0.05, 0) is 56.1 Å². The van der Waals surface area contributed by atoms with Gasteiger partial charge >= 0.3 is 10.2 Å². The summed E-state index contributed by atoms with van der Waals surface area (Å²) in [5.41, 5.74) is 0.283. The fourth-order valence-electron chi connectivity index (χ4n) is 3.42. The highest BCUT2D eigenvalue weighted by Crippen LogP contribution is 2.45. The fraction of sp³-hybridized carbons (Fsp3) is 0.591. The van der Waals surface area contributed by atoms with Crippen molar-refractivity contribution >= 4 is 16.1 Å². The number of carbonyl (C=O) groups is 1. The van der Waals surface area contributed by atoms with Crippen molar-refractivity contribution in [2.45, 2.75) is 58.3 Å². The number of halogens is 1. The molecule has 3 N–H and O–H groups in total. The van der Waals surface area contributed by atoms with Crippen LogP contribution < -0.4 is 14.2 Å². The molecule has 174 valence electrons. The number of allylic oxidation sites excluding steroid dienone is 1. The number of ether oxygens (including phenoxy) is 1. The Morgan fingerprint density at radius 3 is 2.58 bits per heavy atom. The first-order valence-corrected chi connectivity index (χ1v) is 12.2. The summed E-state index contributed by atoms with van der Waals surface area (Å²) in [6.07, 6.45) is 6.43. The highest BCUT2D eigenvalue weighted by molar-refractivity contribution is 7.88. The third-order valence-electron chi connectivity index (χ3n) is 5.83. The van der Waals surface area contributed by atoms with E-state index in [4.69, 9.17) is 9.84 Å². The normalized spacial score (nSPS) is 14.3. The van der Waals surface area contributed by atoms with Crippen molar-refractivity contribution in [3.8, 4) is 5.75 Å². The van der Waals surface area contributed by atoms with Crippen molar-refractivity contribution in [2.75, 3.05) is 19.8 Å². The minimum absolute atomic E-state index is 0.0387. The second-order valence-electron chi connectivity index (χ2n) is 8.04. The summed E-state index contributed by atoms with van der Waals surface area (Å²) >= 11 is 0. The van der Waals surface area contributed by atoms with Crippen molar-refractivity contribution in [3.05, 3.63) is 41.7 Å². The minimum atomic E-state index is -4.16. The molecule has 1 amide bonds. The van der Waals surface area contributed by atoms with Crippen molar-refractivity contribution < 1.29 is 27.4 Å². The van der Waals surface area contributed by atoms with E-state index in [0.717, 1.165) is 37.7 Å². The zero-order valence-corrected chi connectivity index (χ0v) is 19.1. The van der Waals surface area contributed by atoms with Gasteiger partial charge in [-0.3, -0.25) is 4.79 Å². The van der Waals surface area contributed by atoms with Crippen molar-refractivity contribution in [3.63, 3.8) is 0 Å². The second-order valence-corrected chi connectivity index (χ2v) is 9.54. The minimum Gasteiger partial charge on any atom is -0.493 e. The molecular weight excluding hydrogens is 423 g/mol. The van der Waals surface area contributed by atoms with Crippen LogP contribution in [-0.4, -0.2) is 39.2 Å². The Balaban J connectivity index is 2.22. The molecule has 1 aromatic carbocycles. The van der Waals surface area contributed by atoms with Crippen LogP contribution in [0.1, 0.15) is 74.2 Å². The maximum Gasteiger partial charge on any atom is 0.301 e. The molecule has 0 radical (unpaired) electrons. The van der Waals surface area contributed by atoms with Crippen LogP contribution in [0.15, 0.2) is 24.8 Å². The quantitative estimate of drug-likeness (QED) is 0.294. The summed E-state index contributed by atoms with van der Waals surface area (Å²) in [5.74, 6) is -1.33. The highest BCUT2D eigenvalue weighted by atomic mass is 32.2. The third-order valence-corrected chi connectivity index (χ3v) is 6.86. The maximum absolute atomic E-state index is 14.8. The lowest BCUT2D eigenvalue weighted by atomic mass is 9.80. The third kappa shape index (κ3) is 7.02. The number of nitrogens with one attached hydrogen (secondary N) is 2. The molecule has 0 aliphatic heterocycles. The van der Waals surface area contributed by atoms with Gasteiger partial charge in [0.15, 0.2) is 0 Å². The van der Waals surface area contributed by atoms with Gasteiger partial charge in [-0.2, -0.15) is 13.1 Å². The van der Waals surface area contributed by atoms with Crippen LogP contribution in [-0.2, 0) is 10.2 Å². The van der Waals surface area contributed by atoms with Gasteiger partial charge in [-0.1, -0.05) is 19.9 Å². The Hall–Kier alpha value is -1.97. The zero-order chi connectivity index (χ0) is 23.1. The molecule has 1 aromatic rings. The summed E-state index contributed by atoms with van der Waals surface area (Å²) in [6.45, 7) is 8.16. The van der Waals surface area contributed by atoms with Gasteiger partial charge < -0.3 is 9.84 Å². The molecule has 0 spiro atoms. The molecule has 0 atom stereocenters. The molecule has 0 aromatic heterocycles. The SMILES string of the molecule is C=CCC(CC)(CC)COc1cc(F)c(C(=O)NS(=O)(=O)NCCCO)cc1C1CC1. The molecule has 31 heavy (non-hydrogen) atoms. The largest absolute Gasteiger partial charge is 0.493 e. The molecule has 2 rings (SSSR count). The van der Waals surface area contributed by atoms with Crippen LogP contribution in [0.3, 0.4) is 0 Å². The zero-order valence-electron chi connectivity index (χ0n) is 18.2. The topological polar surface area (TPSA) is 105 Å². The average Bonchev–Trinajstić information content (AvgIpc) is 3.56. The van der Waals surface area contributed by atoms with Crippen LogP contribution in [0.25, 0.3) is 0 Å². The van der Waals surface area contributed by atoms with E-state index < -0.39 is 21.9 Å². The number of carbonyl (C=O) groups excluding carboxylic acids is 1. The molecule has 7 nitrogen and oxygen atoms in total. The van der Waals surface area contributed by atoms with Crippen molar-refractivity contribution in [1.29, 1.82) is 0 Å². The first kappa shape index (κ1) is 25.3. The summed E-state index contributed by atoms with van der Waals surface area (Å²) in [4.78, 5) is 12.4. The van der Waals surface area contributed by atoms with Crippen molar-refractivity contribution in [2.24, 2.45) is 5.41 Å². The summed E-state index contributed by atoms with van der Waals surface area (Å²) in [6, 6.07) is 2.58. The Kier molecular flexibility index (Phi) is 9.02. The van der Waals surface area contributed by atoms with E-state index in [1.165, 1.54) is 12.1 Å². The van der Waals surface area contributed by atoms with E-state index in [1.54, 1.807) is 0 Å². The van der Waals surface area contributed by atoms with Gasteiger partial charge in [0.2, 0.25) is 0 Å². The van der Waals surface area contributed by atoms with Gasteiger partial charge in [-0.15, -0.1) is 6.58 Å². The smallest absolute Gasteiger partial charge is 0.301 e. The van der Waals surface area contributed by atoms with Gasteiger partial charge in [0, 0.05) is 24.6 Å². The Bertz CT molecular complexity index is 880. The van der Waals surface area contributed by atoms with E-state index in [2.05, 4.69) is 25.1 Å². The number of hydrogen-bond acceptors (Lipinski definition) is 5. The molecule has 1 fully saturated rings. The van der Waals surface area contributed by atoms with Crippen LogP contribution in [0.4, 0.5) is 4.39 Å². The van der Waals surface area contributed by atoms with E-state index >= 15 is 0 Å². The van der Waals surface area contributed by atoms with Gasteiger partial charge in [0.05, 0.1) is 12.2 Å². The van der Waals surface area contributed by atoms with Crippen LogP contribution >= 0.6 is 0 Å². The van der Waals surface area contributed by atoms with E-state index in [9.17, 15) is 17.6 Å². The Labute approximate surface area is 184 Å². The Morgan fingerprint density at radius 2 is 2.03 bits per heavy atom. The summed E-state index contributed by atoms with van der Waals surface area (Å²) in [7, 11) is -4.16. The molecule has 9 heteroatoms.